The number of unbranched alkanes of at least 4 members (excludes halogenated alkanes) is 2. The molecule has 2 aliphatic carbocycles. The molecule has 2 rings (SSSR count). The van der Waals surface area contributed by atoms with Crippen LogP contribution in [0.4, 0.5) is 0 Å². The molecule has 0 amide bonds. The Kier molecular flexibility index (Phi) is 6.47. The van der Waals surface area contributed by atoms with Crippen molar-refractivity contribution in [2.24, 2.45) is 11.8 Å². The molecule has 0 heteroatoms. The highest BCUT2D eigenvalue weighted by atomic mass is 14.3. The van der Waals surface area contributed by atoms with E-state index in [2.05, 4.69) is 19.6 Å². The Bertz CT molecular complexity index is 239. The van der Waals surface area contributed by atoms with Crippen molar-refractivity contribution in [1.82, 2.24) is 0 Å². The Morgan fingerprint density at radius 3 is 2.26 bits per heavy atom. The molecule has 0 aromatic heterocycles. The van der Waals surface area contributed by atoms with Crippen molar-refractivity contribution in [3.05, 3.63) is 24.5 Å². The smallest absolute Gasteiger partial charge is 0.0210 e. The lowest BCUT2D eigenvalue weighted by Gasteiger charge is -2.36. The van der Waals surface area contributed by atoms with Crippen LogP contribution in [0.25, 0.3) is 0 Å². The highest BCUT2D eigenvalue weighted by Gasteiger charge is 2.30. The number of rotatable bonds is 6. The SMILES string of the molecule is C=CC1CC[C](C2CC[C](CCCCC)CC2)CC1. The van der Waals surface area contributed by atoms with Gasteiger partial charge in [0.25, 0.3) is 0 Å². The summed E-state index contributed by atoms with van der Waals surface area (Å²) < 4.78 is 0. The number of allylic oxidation sites excluding steroid dienone is 1. The van der Waals surface area contributed by atoms with E-state index in [0.29, 0.717) is 0 Å². The van der Waals surface area contributed by atoms with Gasteiger partial charge in [-0.2, -0.15) is 0 Å². The molecule has 0 aromatic rings. The van der Waals surface area contributed by atoms with Crippen molar-refractivity contribution in [2.75, 3.05) is 0 Å². The molecule has 0 saturated heterocycles. The fourth-order valence-corrected chi connectivity index (χ4v) is 3.96. The van der Waals surface area contributed by atoms with Crippen LogP contribution in [0.2, 0.25) is 0 Å². The Labute approximate surface area is 121 Å². The normalized spacial score (nSPS) is 24.7. The summed E-state index contributed by atoms with van der Waals surface area (Å²) in [6.45, 7) is 6.26. The van der Waals surface area contributed by atoms with Gasteiger partial charge in [-0.3, -0.25) is 0 Å². The van der Waals surface area contributed by atoms with Crippen LogP contribution in [0.15, 0.2) is 12.7 Å². The fourth-order valence-electron chi connectivity index (χ4n) is 3.96. The van der Waals surface area contributed by atoms with Crippen LogP contribution in [0.5, 0.6) is 0 Å². The molecule has 2 fully saturated rings. The minimum Gasteiger partial charge on any atom is -0.103 e. The van der Waals surface area contributed by atoms with E-state index in [9.17, 15) is 0 Å². The first-order valence-electron chi connectivity index (χ1n) is 8.64. The molecule has 0 N–H and O–H groups in total. The van der Waals surface area contributed by atoms with E-state index < -0.39 is 0 Å². The van der Waals surface area contributed by atoms with Gasteiger partial charge < -0.3 is 0 Å². The van der Waals surface area contributed by atoms with Crippen molar-refractivity contribution in [1.29, 1.82) is 0 Å². The van der Waals surface area contributed by atoms with Crippen LogP contribution < -0.4 is 0 Å². The van der Waals surface area contributed by atoms with Crippen LogP contribution in [0, 0.1) is 23.7 Å². The Morgan fingerprint density at radius 2 is 1.68 bits per heavy atom. The molecule has 19 heavy (non-hydrogen) atoms. The van der Waals surface area contributed by atoms with Crippen LogP contribution in [-0.4, -0.2) is 0 Å². The monoisotopic (exact) mass is 260 g/mol. The molecule has 0 aromatic carbocycles. The topological polar surface area (TPSA) is 0 Å². The summed E-state index contributed by atoms with van der Waals surface area (Å²) in [6.07, 6.45) is 19.2. The lowest BCUT2D eigenvalue weighted by atomic mass is 9.68. The van der Waals surface area contributed by atoms with Crippen molar-refractivity contribution in [2.45, 2.75) is 84.0 Å². The van der Waals surface area contributed by atoms with Gasteiger partial charge in [0.2, 0.25) is 0 Å². The summed E-state index contributed by atoms with van der Waals surface area (Å²) in [7, 11) is 0. The predicted molar refractivity (Wildman–Crippen MR) is 84.7 cm³/mol. The first-order valence-corrected chi connectivity index (χ1v) is 8.64. The van der Waals surface area contributed by atoms with Gasteiger partial charge in [-0.25, -0.2) is 0 Å². The summed E-state index contributed by atoms with van der Waals surface area (Å²) in [5.41, 5.74) is 0. The van der Waals surface area contributed by atoms with Crippen LogP contribution >= 0.6 is 0 Å². The van der Waals surface area contributed by atoms with Gasteiger partial charge in [-0.15, -0.1) is 6.58 Å². The molecule has 0 atom stereocenters. The lowest BCUT2D eigenvalue weighted by molar-refractivity contribution is 0.309. The molecule has 108 valence electrons. The third-order valence-corrected chi connectivity index (χ3v) is 5.41. The van der Waals surface area contributed by atoms with E-state index in [-0.39, 0.29) is 0 Å². The predicted octanol–water partition coefficient (Wildman–Crippen LogP) is 6.28. The largest absolute Gasteiger partial charge is 0.103 e. The fraction of sp³-hybridized carbons (Fsp3) is 0.789. The van der Waals surface area contributed by atoms with Gasteiger partial charge in [0.05, 0.1) is 0 Å². The van der Waals surface area contributed by atoms with E-state index in [1.807, 2.05) is 11.8 Å². The third kappa shape index (κ3) is 4.65. The number of hydrogen-bond acceptors (Lipinski definition) is 0. The second-order valence-electron chi connectivity index (χ2n) is 6.71. The Morgan fingerprint density at radius 1 is 1.00 bits per heavy atom. The second-order valence-corrected chi connectivity index (χ2v) is 6.71. The molecular formula is C19H32. The standard InChI is InChI=1S/C19H32/c1-3-5-6-7-17-10-14-19(15-11-17)18-12-8-16(4-2)9-13-18/h4,16,19H,2-3,5-15H2,1H3. The average molecular weight is 260 g/mol. The zero-order valence-corrected chi connectivity index (χ0v) is 12.9. The molecule has 2 aliphatic rings. The molecular weight excluding hydrogens is 228 g/mol. The summed E-state index contributed by atoms with van der Waals surface area (Å²) in [5.74, 6) is 5.57. The third-order valence-electron chi connectivity index (χ3n) is 5.41. The summed E-state index contributed by atoms with van der Waals surface area (Å²) in [5, 5.41) is 0. The highest BCUT2D eigenvalue weighted by molar-refractivity contribution is 5.06. The Balaban J connectivity index is 1.64. The molecule has 2 saturated carbocycles. The first-order chi connectivity index (χ1) is 9.33. The molecule has 0 unspecified atom stereocenters. The molecule has 2 radical (unpaired) electrons. The number of hydrogen-bond donors (Lipinski definition) is 0. The van der Waals surface area contributed by atoms with Gasteiger partial charge in [-0.05, 0) is 81.5 Å². The van der Waals surface area contributed by atoms with Gasteiger partial charge in [0.15, 0.2) is 0 Å². The van der Waals surface area contributed by atoms with E-state index in [1.54, 1.807) is 0 Å². The minimum absolute atomic E-state index is 0.809. The molecule has 0 aliphatic heterocycles. The van der Waals surface area contributed by atoms with Crippen LogP contribution in [-0.2, 0) is 0 Å². The molecule has 0 spiro atoms. The summed E-state index contributed by atoms with van der Waals surface area (Å²) >= 11 is 0. The van der Waals surface area contributed by atoms with Gasteiger partial charge >= 0.3 is 0 Å². The van der Waals surface area contributed by atoms with E-state index >= 15 is 0 Å². The first kappa shape index (κ1) is 15.1. The maximum atomic E-state index is 3.95. The quantitative estimate of drug-likeness (QED) is 0.389. The molecule has 0 nitrogen and oxygen atoms in total. The highest BCUT2D eigenvalue weighted by Crippen LogP contribution is 2.44. The van der Waals surface area contributed by atoms with E-state index in [4.69, 9.17) is 0 Å². The van der Waals surface area contributed by atoms with Gasteiger partial charge in [0, 0.05) is 0 Å². The van der Waals surface area contributed by atoms with Crippen molar-refractivity contribution >= 4 is 0 Å². The van der Waals surface area contributed by atoms with Gasteiger partial charge in [-0.1, -0.05) is 32.3 Å². The minimum atomic E-state index is 0.809. The maximum absolute atomic E-state index is 3.95. The second kappa shape index (κ2) is 8.12. The van der Waals surface area contributed by atoms with Crippen molar-refractivity contribution < 1.29 is 0 Å². The zero-order valence-electron chi connectivity index (χ0n) is 12.9. The van der Waals surface area contributed by atoms with E-state index in [1.165, 1.54) is 77.0 Å². The molecule has 0 heterocycles. The summed E-state index contributed by atoms with van der Waals surface area (Å²) in [4.78, 5) is 0. The zero-order chi connectivity index (χ0) is 13.5. The summed E-state index contributed by atoms with van der Waals surface area (Å²) in [6, 6.07) is 0. The molecule has 0 bridgehead atoms. The average Bonchev–Trinajstić information content (AvgIpc) is 2.48. The van der Waals surface area contributed by atoms with Crippen molar-refractivity contribution in [3.63, 3.8) is 0 Å². The Hall–Kier alpha value is -0.260. The van der Waals surface area contributed by atoms with Crippen LogP contribution in [0.1, 0.15) is 84.0 Å². The van der Waals surface area contributed by atoms with Crippen molar-refractivity contribution in [3.8, 4) is 0 Å². The van der Waals surface area contributed by atoms with E-state index in [0.717, 1.165) is 11.8 Å². The van der Waals surface area contributed by atoms with Gasteiger partial charge in [0.1, 0.15) is 0 Å². The van der Waals surface area contributed by atoms with Crippen LogP contribution in [0.3, 0.4) is 0 Å². The lowest BCUT2D eigenvalue weighted by Crippen LogP contribution is -2.23. The maximum Gasteiger partial charge on any atom is -0.0210 e.